The summed E-state index contributed by atoms with van der Waals surface area (Å²) in [5.74, 6) is -6.21. The molecule has 9 atom stereocenters. The molecule has 18 heteroatoms. The van der Waals surface area contributed by atoms with Crippen LogP contribution in [0, 0.1) is 0 Å². The first-order valence-electron chi connectivity index (χ1n) is 26.8. The molecule has 1 fully saturated rings. The number of hydrogen-bond acceptors (Lipinski definition) is 17. The highest BCUT2D eigenvalue weighted by Gasteiger charge is 2.53. The van der Waals surface area contributed by atoms with Crippen molar-refractivity contribution < 1.29 is 81.0 Å². The van der Waals surface area contributed by atoms with Gasteiger partial charge in [-0.3, -0.25) is 38.4 Å². The SMILES string of the molecule is CCCCCCCCC/C=C/CCC[C@@H](OC(C)=O)[C@@H](OC(C)=O)[C@H](CO[C@@H]1O[C@H](COC(C)=O)[C@@H](OC(C)=O)[C@H](OC(C)=O)[C@H]1OC(C)=O)NC(=O)[C@@H](CCCCCCCCCCCCCC)OC(C)=O. The Hall–Kier alpha value is -4.58. The van der Waals surface area contributed by atoms with E-state index in [0.717, 1.165) is 79.6 Å². The molecule has 18 nitrogen and oxygen atoms in total. The maximum atomic E-state index is 14.4. The van der Waals surface area contributed by atoms with Gasteiger partial charge in [0.25, 0.3) is 5.91 Å². The lowest BCUT2D eigenvalue weighted by Crippen LogP contribution is -2.63. The van der Waals surface area contributed by atoms with Gasteiger partial charge in [-0.15, -0.1) is 0 Å². The van der Waals surface area contributed by atoms with Gasteiger partial charge in [-0.05, 0) is 44.9 Å². The van der Waals surface area contributed by atoms with Gasteiger partial charge in [0, 0.05) is 48.5 Å². The molecule has 1 saturated heterocycles. The highest BCUT2D eigenvalue weighted by molar-refractivity contribution is 5.83. The highest BCUT2D eigenvalue weighted by Crippen LogP contribution is 2.31. The van der Waals surface area contributed by atoms with Crippen LogP contribution in [-0.2, 0) is 81.0 Å². The molecule has 0 saturated carbocycles. The second-order valence-corrected chi connectivity index (χ2v) is 18.8. The van der Waals surface area contributed by atoms with Crippen molar-refractivity contribution in [2.45, 2.75) is 271 Å². The maximum Gasteiger partial charge on any atom is 0.303 e. The lowest BCUT2D eigenvalue weighted by molar-refractivity contribution is -0.310. The predicted octanol–water partition coefficient (Wildman–Crippen LogP) is 9.32. The number of esters is 7. The third kappa shape index (κ3) is 31.1. The van der Waals surface area contributed by atoms with Gasteiger partial charge in [0.05, 0.1) is 12.6 Å². The Kier molecular flexibility index (Phi) is 36.2. The molecule has 1 rings (SSSR count). The molecule has 0 aromatic rings. The average Bonchev–Trinajstić information content (AvgIpc) is 3.29. The van der Waals surface area contributed by atoms with Crippen LogP contribution in [0.2, 0.25) is 0 Å². The third-order valence-corrected chi connectivity index (χ3v) is 12.0. The standard InChI is InChI=1S/C54H91NO17/c1-10-12-14-16-18-20-22-24-26-28-30-32-34-46(66-39(4)57)49(68-41(6)59)45(55-53(63)47(67-40(5)58)35-33-31-29-27-25-23-21-19-17-15-13-11-2)36-65-54-52(71-44(9)62)51(70-43(8)61)50(69-42(7)60)48(72-54)37-64-38(3)56/h26,28,45-52,54H,10-25,27,29-37H2,1-9H3,(H,55,63)/b28-26+/t45-,46+,47+,48+,49-,50+,51-,52+,54+/m0/s1. The number of hydrogen-bond donors (Lipinski definition) is 1. The van der Waals surface area contributed by atoms with Crippen molar-refractivity contribution in [2.75, 3.05) is 13.2 Å². The first-order chi connectivity index (χ1) is 34.4. The Bertz CT molecular complexity index is 1620. The van der Waals surface area contributed by atoms with Crippen molar-refractivity contribution in [3.63, 3.8) is 0 Å². The molecule has 0 bridgehead atoms. The third-order valence-electron chi connectivity index (χ3n) is 12.0. The number of rotatable bonds is 40. The van der Waals surface area contributed by atoms with E-state index in [0.29, 0.717) is 19.3 Å². The van der Waals surface area contributed by atoms with Crippen molar-refractivity contribution in [3.8, 4) is 0 Å². The van der Waals surface area contributed by atoms with Crippen molar-refractivity contribution in [1.29, 1.82) is 0 Å². The van der Waals surface area contributed by atoms with Gasteiger partial charge in [0.1, 0.15) is 18.8 Å². The van der Waals surface area contributed by atoms with E-state index in [1.54, 1.807) is 0 Å². The van der Waals surface area contributed by atoms with Crippen molar-refractivity contribution in [2.24, 2.45) is 0 Å². The molecule has 0 aromatic heterocycles. The fraction of sp³-hybridized carbons (Fsp3) is 0.815. The number of carbonyl (C=O) groups excluding carboxylic acids is 8. The molecule has 1 amide bonds. The zero-order chi connectivity index (χ0) is 53.7. The molecule has 1 N–H and O–H groups in total. The lowest BCUT2D eigenvalue weighted by atomic mass is 9.97. The summed E-state index contributed by atoms with van der Waals surface area (Å²) in [6.45, 7) is 11.2. The van der Waals surface area contributed by atoms with E-state index in [1.807, 2.05) is 0 Å². The monoisotopic (exact) mass is 1030 g/mol. The van der Waals surface area contributed by atoms with Crippen LogP contribution in [0.1, 0.15) is 216 Å². The molecule has 72 heavy (non-hydrogen) atoms. The molecule has 1 heterocycles. The van der Waals surface area contributed by atoms with Gasteiger partial charge in [-0.2, -0.15) is 0 Å². The summed E-state index contributed by atoms with van der Waals surface area (Å²) in [4.78, 5) is 102. The minimum absolute atomic E-state index is 0.174. The van der Waals surface area contributed by atoms with Crippen LogP contribution in [-0.4, -0.2) is 116 Å². The van der Waals surface area contributed by atoms with E-state index in [4.69, 9.17) is 42.6 Å². The first-order valence-corrected chi connectivity index (χ1v) is 26.8. The Balaban J connectivity index is 3.59. The zero-order valence-corrected chi connectivity index (χ0v) is 45.2. The van der Waals surface area contributed by atoms with Crippen LogP contribution in [0.4, 0.5) is 0 Å². The molecule has 0 aromatic carbocycles. The van der Waals surface area contributed by atoms with Crippen molar-refractivity contribution >= 4 is 47.7 Å². The molecular formula is C54H91NO17. The Morgan fingerprint density at radius 2 is 0.944 bits per heavy atom. The second kappa shape index (κ2) is 39.9. The fourth-order valence-corrected chi connectivity index (χ4v) is 8.63. The van der Waals surface area contributed by atoms with Crippen LogP contribution < -0.4 is 5.32 Å². The van der Waals surface area contributed by atoms with Crippen LogP contribution in [0.15, 0.2) is 12.2 Å². The summed E-state index contributed by atoms with van der Waals surface area (Å²) in [6.07, 6.45) is 16.4. The molecule has 0 spiro atoms. The molecule has 0 unspecified atom stereocenters. The van der Waals surface area contributed by atoms with Gasteiger partial charge in [-0.1, -0.05) is 135 Å². The van der Waals surface area contributed by atoms with Crippen molar-refractivity contribution in [3.05, 3.63) is 12.2 Å². The molecule has 414 valence electrons. The number of unbranched alkanes of at least 4 members (excludes halogenated alkanes) is 19. The summed E-state index contributed by atoms with van der Waals surface area (Å²) in [7, 11) is 0. The van der Waals surface area contributed by atoms with E-state index in [9.17, 15) is 38.4 Å². The van der Waals surface area contributed by atoms with Gasteiger partial charge >= 0.3 is 41.8 Å². The van der Waals surface area contributed by atoms with Crippen molar-refractivity contribution in [1.82, 2.24) is 5.32 Å². The Morgan fingerprint density at radius 1 is 0.486 bits per heavy atom. The number of carbonyl (C=O) groups is 8. The number of ether oxygens (including phenoxy) is 9. The number of allylic oxidation sites excluding steroid dienone is 2. The molecule has 1 aliphatic rings. The maximum absolute atomic E-state index is 14.4. The van der Waals surface area contributed by atoms with Gasteiger partial charge in [0.15, 0.2) is 36.8 Å². The van der Waals surface area contributed by atoms with Gasteiger partial charge in [-0.25, -0.2) is 0 Å². The van der Waals surface area contributed by atoms with E-state index >= 15 is 0 Å². The quantitative estimate of drug-likeness (QED) is 0.0261. The van der Waals surface area contributed by atoms with Crippen LogP contribution in [0.5, 0.6) is 0 Å². The van der Waals surface area contributed by atoms with E-state index in [-0.39, 0.29) is 12.8 Å². The summed E-state index contributed by atoms with van der Waals surface area (Å²) < 4.78 is 51.6. The van der Waals surface area contributed by atoms with Crippen LogP contribution in [0.3, 0.4) is 0 Å². The normalized spacial score (nSPS) is 19.3. The minimum atomic E-state index is -1.68. The summed E-state index contributed by atoms with van der Waals surface area (Å²) in [5.41, 5.74) is 0. The zero-order valence-electron chi connectivity index (χ0n) is 45.2. The lowest BCUT2D eigenvalue weighted by Gasteiger charge is -2.44. The summed E-state index contributed by atoms with van der Waals surface area (Å²) in [6, 6.07) is -1.37. The molecule has 1 aliphatic heterocycles. The van der Waals surface area contributed by atoms with Gasteiger partial charge in [0.2, 0.25) is 0 Å². The summed E-state index contributed by atoms with van der Waals surface area (Å²) in [5, 5.41) is 2.83. The molecule has 0 radical (unpaired) electrons. The van der Waals surface area contributed by atoms with E-state index in [1.165, 1.54) is 90.9 Å². The number of amides is 1. The fourth-order valence-electron chi connectivity index (χ4n) is 8.63. The van der Waals surface area contributed by atoms with E-state index in [2.05, 4.69) is 31.3 Å². The highest BCUT2D eigenvalue weighted by atomic mass is 16.7. The Labute approximate surface area is 429 Å². The largest absolute Gasteiger partial charge is 0.463 e. The van der Waals surface area contributed by atoms with Crippen LogP contribution >= 0.6 is 0 Å². The van der Waals surface area contributed by atoms with Crippen LogP contribution in [0.25, 0.3) is 0 Å². The van der Waals surface area contributed by atoms with E-state index < -0.39 is 116 Å². The molecular weight excluding hydrogens is 935 g/mol. The smallest absolute Gasteiger partial charge is 0.303 e. The summed E-state index contributed by atoms with van der Waals surface area (Å²) >= 11 is 0. The number of nitrogens with one attached hydrogen (secondary N) is 1. The topological polar surface area (TPSA) is 232 Å². The average molecular weight is 1030 g/mol. The predicted molar refractivity (Wildman–Crippen MR) is 268 cm³/mol. The first kappa shape index (κ1) is 65.4. The Morgan fingerprint density at radius 3 is 1.43 bits per heavy atom. The second-order valence-electron chi connectivity index (χ2n) is 18.8. The van der Waals surface area contributed by atoms with Gasteiger partial charge < -0.3 is 47.9 Å². The minimum Gasteiger partial charge on any atom is -0.463 e. The molecule has 0 aliphatic carbocycles.